The summed E-state index contributed by atoms with van der Waals surface area (Å²) in [7, 11) is 3.26. The molecule has 1 fully saturated rings. The van der Waals surface area contributed by atoms with Gasteiger partial charge in [0.05, 0.1) is 40.1 Å². The first-order valence-electron chi connectivity index (χ1n) is 6.45. The maximum atomic E-state index is 5.70. The number of ether oxygens (including phenoxy) is 4. The Balaban J connectivity index is 1.88. The molecule has 0 aromatic heterocycles. The highest BCUT2D eigenvalue weighted by Crippen LogP contribution is 2.31. The molecule has 0 radical (unpaired) electrons. The second-order valence-electron chi connectivity index (χ2n) is 4.36. The van der Waals surface area contributed by atoms with Gasteiger partial charge in [0.15, 0.2) is 11.5 Å². The number of para-hydroxylation sites is 1. The second-order valence-corrected chi connectivity index (χ2v) is 4.36. The summed E-state index contributed by atoms with van der Waals surface area (Å²) in [4.78, 5) is 0. The molecule has 1 aromatic rings. The van der Waals surface area contributed by atoms with E-state index in [1.165, 1.54) is 0 Å². The zero-order valence-electron chi connectivity index (χ0n) is 11.5. The summed E-state index contributed by atoms with van der Waals surface area (Å²) in [5, 5.41) is 3.27. The maximum absolute atomic E-state index is 5.70. The molecule has 0 spiro atoms. The van der Waals surface area contributed by atoms with Crippen molar-refractivity contribution in [2.24, 2.45) is 0 Å². The van der Waals surface area contributed by atoms with Crippen LogP contribution in [0.1, 0.15) is 5.56 Å². The average molecular weight is 267 g/mol. The van der Waals surface area contributed by atoms with Gasteiger partial charge in [-0.2, -0.15) is 0 Å². The molecule has 1 heterocycles. The minimum Gasteiger partial charge on any atom is -0.493 e. The number of morpholine rings is 1. The molecule has 5 nitrogen and oxygen atoms in total. The Bertz CT molecular complexity index is 391. The van der Waals surface area contributed by atoms with Crippen LogP contribution in [0.25, 0.3) is 0 Å². The van der Waals surface area contributed by atoms with Gasteiger partial charge in [0.25, 0.3) is 0 Å². The molecule has 0 saturated carbocycles. The van der Waals surface area contributed by atoms with Crippen molar-refractivity contribution in [3.8, 4) is 11.5 Å². The monoisotopic (exact) mass is 267 g/mol. The van der Waals surface area contributed by atoms with E-state index in [4.69, 9.17) is 18.9 Å². The number of benzene rings is 1. The van der Waals surface area contributed by atoms with Crippen LogP contribution < -0.4 is 14.8 Å². The van der Waals surface area contributed by atoms with E-state index < -0.39 is 0 Å². The number of methoxy groups -OCH3 is 2. The van der Waals surface area contributed by atoms with Crippen molar-refractivity contribution in [3.05, 3.63) is 23.8 Å². The largest absolute Gasteiger partial charge is 0.493 e. The highest BCUT2D eigenvalue weighted by Gasteiger charge is 2.14. The molecule has 2 rings (SSSR count). The van der Waals surface area contributed by atoms with E-state index in [2.05, 4.69) is 5.32 Å². The standard InChI is InChI=1S/C14H21NO4/c1-16-13-5-3-4-11(14(13)17-2)9-18-10-12-8-15-6-7-19-12/h3-5,12,15H,6-10H2,1-2H3. The summed E-state index contributed by atoms with van der Waals surface area (Å²) >= 11 is 0. The lowest BCUT2D eigenvalue weighted by Gasteiger charge is -2.23. The minimum atomic E-state index is 0.130. The van der Waals surface area contributed by atoms with Crippen molar-refractivity contribution in [2.75, 3.05) is 40.5 Å². The Labute approximate surface area is 113 Å². The van der Waals surface area contributed by atoms with Crippen LogP contribution in [0.2, 0.25) is 0 Å². The first kappa shape index (κ1) is 14.1. The van der Waals surface area contributed by atoms with Crippen molar-refractivity contribution in [3.63, 3.8) is 0 Å². The molecule has 1 atom stereocenters. The highest BCUT2D eigenvalue weighted by atomic mass is 16.5. The summed E-state index contributed by atoms with van der Waals surface area (Å²) in [5.74, 6) is 1.45. The van der Waals surface area contributed by atoms with E-state index in [1.807, 2.05) is 18.2 Å². The van der Waals surface area contributed by atoms with Crippen LogP contribution in [0.4, 0.5) is 0 Å². The van der Waals surface area contributed by atoms with Crippen LogP contribution in [-0.2, 0) is 16.1 Å². The Hall–Kier alpha value is -1.30. The lowest BCUT2D eigenvalue weighted by atomic mass is 10.2. The maximum Gasteiger partial charge on any atom is 0.166 e. The summed E-state index contributed by atoms with van der Waals surface area (Å²) in [6.45, 7) is 3.57. The first-order valence-corrected chi connectivity index (χ1v) is 6.45. The number of hydrogen-bond acceptors (Lipinski definition) is 5. The summed E-state index contributed by atoms with van der Waals surface area (Å²) in [6, 6.07) is 5.77. The molecule has 1 aliphatic rings. The lowest BCUT2D eigenvalue weighted by Crippen LogP contribution is -2.40. The first-order chi connectivity index (χ1) is 9.35. The number of hydrogen-bond donors (Lipinski definition) is 1. The number of rotatable bonds is 6. The molecule has 1 aromatic carbocycles. The zero-order chi connectivity index (χ0) is 13.5. The average Bonchev–Trinajstić information content (AvgIpc) is 2.48. The van der Waals surface area contributed by atoms with Crippen LogP contribution in [0, 0.1) is 0 Å². The fourth-order valence-electron chi connectivity index (χ4n) is 2.09. The van der Waals surface area contributed by atoms with Gasteiger partial charge in [0.1, 0.15) is 0 Å². The third-order valence-electron chi connectivity index (χ3n) is 3.05. The van der Waals surface area contributed by atoms with Gasteiger partial charge in [0.2, 0.25) is 0 Å². The van der Waals surface area contributed by atoms with Crippen molar-refractivity contribution in [2.45, 2.75) is 12.7 Å². The van der Waals surface area contributed by atoms with Crippen molar-refractivity contribution >= 4 is 0 Å². The van der Waals surface area contributed by atoms with Gasteiger partial charge in [-0.15, -0.1) is 0 Å². The molecule has 0 amide bonds. The van der Waals surface area contributed by atoms with E-state index >= 15 is 0 Å². The van der Waals surface area contributed by atoms with E-state index in [9.17, 15) is 0 Å². The molecular weight excluding hydrogens is 246 g/mol. The van der Waals surface area contributed by atoms with Crippen molar-refractivity contribution in [1.82, 2.24) is 5.32 Å². The molecule has 1 unspecified atom stereocenters. The molecule has 0 aliphatic carbocycles. The van der Waals surface area contributed by atoms with Crippen molar-refractivity contribution in [1.29, 1.82) is 0 Å². The van der Waals surface area contributed by atoms with Crippen LogP contribution in [0.5, 0.6) is 11.5 Å². The quantitative estimate of drug-likeness (QED) is 0.839. The molecule has 1 saturated heterocycles. The molecule has 5 heteroatoms. The molecule has 19 heavy (non-hydrogen) atoms. The smallest absolute Gasteiger partial charge is 0.166 e. The van der Waals surface area contributed by atoms with Gasteiger partial charge in [0, 0.05) is 18.7 Å². The molecule has 1 aliphatic heterocycles. The van der Waals surface area contributed by atoms with Crippen LogP contribution in [-0.4, -0.2) is 46.6 Å². The molecule has 1 N–H and O–H groups in total. The van der Waals surface area contributed by atoms with E-state index in [0.717, 1.165) is 36.8 Å². The lowest BCUT2D eigenvalue weighted by molar-refractivity contribution is -0.0360. The summed E-state index contributed by atoms with van der Waals surface area (Å²) < 4.78 is 21.9. The Morgan fingerprint density at radius 1 is 1.32 bits per heavy atom. The fourth-order valence-corrected chi connectivity index (χ4v) is 2.09. The van der Waals surface area contributed by atoms with E-state index in [0.29, 0.717) is 13.2 Å². The fraction of sp³-hybridized carbons (Fsp3) is 0.571. The van der Waals surface area contributed by atoms with Crippen molar-refractivity contribution < 1.29 is 18.9 Å². The third-order valence-corrected chi connectivity index (χ3v) is 3.05. The van der Waals surface area contributed by atoms with Crippen LogP contribution in [0.3, 0.4) is 0 Å². The van der Waals surface area contributed by atoms with Gasteiger partial charge in [-0.1, -0.05) is 12.1 Å². The van der Waals surface area contributed by atoms with Gasteiger partial charge in [-0.25, -0.2) is 0 Å². The van der Waals surface area contributed by atoms with Crippen LogP contribution >= 0.6 is 0 Å². The Kier molecular flexibility index (Phi) is 5.44. The summed E-state index contributed by atoms with van der Waals surface area (Å²) in [5.41, 5.74) is 0.977. The second kappa shape index (κ2) is 7.33. The van der Waals surface area contributed by atoms with Gasteiger partial charge in [-0.3, -0.25) is 0 Å². The van der Waals surface area contributed by atoms with Gasteiger partial charge >= 0.3 is 0 Å². The Morgan fingerprint density at radius 2 is 2.21 bits per heavy atom. The topological polar surface area (TPSA) is 49.0 Å². The third kappa shape index (κ3) is 3.83. The number of nitrogens with one attached hydrogen (secondary N) is 1. The highest BCUT2D eigenvalue weighted by molar-refractivity contribution is 5.46. The van der Waals surface area contributed by atoms with Crippen LogP contribution in [0.15, 0.2) is 18.2 Å². The Morgan fingerprint density at radius 3 is 2.89 bits per heavy atom. The SMILES string of the molecule is COc1cccc(COCC2CNCCO2)c1OC. The van der Waals surface area contributed by atoms with Gasteiger partial charge in [-0.05, 0) is 6.07 Å². The predicted molar refractivity (Wildman–Crippen MR) is 71.8 cm³/mol. The van der Waals surface area contributed by atoms with E-state index in [-0.39, 0.29) is 6.10 Å². The predicted octanol–water partition coefficient (Wildman–Crippen LogP) is 1.21. The minimum absolute atomic E-state index is 0.130. The van der Waals surface area contributed by atoms with Gasteiger partial charge < -0.3 is 24.3 Å². The summed E-state index contributed by atoms with van der Waals surface area (Å²) in [6.07, 6.45) is 0.130. The van der Waals surface area contributed by atoms with E-state index in [1.54, 1.807) is 14.2 Å². The zero-order valence-corrected chi connectivity index (χ0v) is 11.5. The molecule has 106 valence electrons. The molecule has 0 bridgehead atoms. The molecular formula is C14H21NO4. The normalized spacial score (nSPS) is 19.2.